The Hall–Kier alpha value is -4.78. The summed E-state index contributed by atoms with van der Waals surface area (Å²) >= 11 is 0. The number of benzene rings is 2. The van der Waals surface area contributed by atoms with E-state index in [0.29, 0.717) is 30.0 Å². The SMILES string of the molecule is COC(=O)C1=C(C(=O)OC)N(c2ccccc2N2CCNC(=O)C2)C(N)=C(C#N)C1c1ccccc1. The van der Waals surface area contributed by atoms with Gasteiger partial charge in [0.2, 0.25) is 5.91 Å². The van der Waals surface area contributed by atoms with E-state index in [0.717, 1.165) is 0 Å². The molecule has 10 nitrogen and oxygen atoms in total. The second kappa shape index (κ2) is 10.2. The maximum absolute atomic E-state index is 13.3. The third-order valence-corrected chi connectivity index (χ3v) is 6.11. The minimum atomic E-state index is -0.957. The standard InChI is InChI=1S/C26H25N5O5/c1-35-25(33)22-21(16-8-4-3-5-9-16)17(14-27)24(28)31(23(22)26(34)36-2)19-11-7-6-10-18(19)30-13-12-29-20(32)15-30/h3-11,21H,12-13,15,28H2,1-2H3,(H,29,32). The van der Waals surface area contributed by atoms with Crippen LogP contribution < -0.4 is 20.9 Å². The molecule has 2 aliphatic rings. The van der Waals surface area contributed by atoms with Crippen LogP contribution >= 0.6 is 0 Å². The number of allylic oxidation sites excluding steroid dienone is 1. The van der Waals surface area contributed by atoms with E-state index in [1.807, 2.05) is 4.90 Å². The topological polar surface area (TPSA) is 138 Å². The van der Waals surface area contributed by atoms with Crippen LogP contribution in [0.5, 0.6) is 0 Å². The fourth-order valence-electron chi connectivity index (χ4n) is 4.53. The van der Waals surface area contributed by atoms with Gasteiger partial charge in [-0.05, 0) is 17.7 Å². The van der Waals surface area contributed by atoms with Crippen LogP contribution in [0.15, 0.2) is 77.3 Å². The molecule has 0 bridgehead atoms. The number of amides is 1. The van der Waals surface area contributed by atoms with Gasteiger partial charge in [-0.15, -0.1) is 0 Å². The lowest BCUT2D eigenvalue weighted by Crippen LogP contribution is -2.48. The summed E-state index contributed by atoms with van der Waals surface area (Å²) in [4.78, 5) is 41.8. The van der Waals surface area contributed by atoms with Gasteiger partial charge in [0.15, 0.2) is 0 Å². The van der Waals surface area contributed by atoms with Crippen molar-refractivity contribution in [1.29, 1.82) is 5.26 Å². The van der Waals surface area contributed by atoms with Crippen molar-refractivity contribution in [2.45, 2.75) is 5.92 Å². The summed E-state index contributed by atoms with van der Waals surface area (Å²) < 4.78 is 10.2. The molecule has 1 amide bonds. The minimum absolute atomic E-state index is 0.0340. The second-order valence-electron chi connectivity index (χ2n) is 8.10. The Labute approximate surface area is 208 Å². The molecule has 0 radical (unpaired) electrons. The summed E-state index contributed by atoms with van der Waals surface area (Å²) in [5.41, 5.74) is 8.01. The summed E-state index contributed by atoms with van der Waals surface area (Å²) in [6.07, 6.45) is 0. The van der Waals surface area contributed by atoms with Gasteiger partial charge < -0.3 is 25.4 Å². The fourth-order valence-corrected chi connectivity index (χ4v) is 4.53. The summed E-state index contributed by atoms with van der Waals surface area (Å²) in [6, 6.07) is 17.9. The number of piperazine rings is 1. The molecular weight excluding hydrogens is 462 g/mol. The largest absolute Gasteiger partial charge is 0.466 e. The zero-order valence-corrected chi connectivity index (χ0v) is 19.9. The van der Waals surface area contributed by atoms with Crippen LogP contribution in [0.1, 0.15) is 11.5 Å². The van der Waals surface area contributed by atoms with Crippen LogP contribution in [0.3, 0.4) is 0 Å². The van der Waals surface area contributed by atoms with E-state index in [1.165, 1.54) is 19.1 Å². The van der Waals surface area contributed by atoms with Gasteiger partial charge in [0.1, 0.15) is 11.5 Å². The number of carbonyl (C=O) groups excluding carboxylic acids is 3. The molecule has 184 valence electrons. The van der Waals surface area contributed by atoms with Gasteiger partial charge in [0, 0.05) is 13.1 Å². The number of para-hydroxylation sites is 2. The van der Waals surface area contributed by atoms with Crippen molar-refractivity contribution < 1.29 is 23.9 Å². The van der Waals surface area contributed by atoms with Gasteiger partial charge in [0.25, 0.3) is 0 Å². The number of anilines is 2. The van der Waals surface area contributed by atoms with Gasteiger partial charge in [-0.2, -0.15) is 5.26 Å². The van der Waals surface area contributed by atoms with Gasteiger partial charge in [0.05, 0.1) is 55.3 Å². The molecule has 36 heavy (non-hydrogen) atoms. The van der Waals surface area contributed by atoms with Gasteiger partial charge in [-0.25, -0.2) is 9.59 Å². The Balaban J connectivity index is 2.03. The summed E-state index contributed by atoms with van der Waals surface area (Å²) in [6.45, 7) is 1.04. The number of nitrogens with zero attached hydrogens (tertiary/aromatic N) is 3. The number of ether oxygens (including phenoxy) is 2. The number of methoxy groups -OCH3 is 2. The third-order valence-electron chi connectivity index (χ3n) is 6.11. The molecule has 0 spiro atoms. The Morgan fingerprint density at radius 3 is 2.28 bits per heavy atom. The highest BCUT2D eigenvalue weighted by Crippen LogP contribution is 2.45. The van der Waals surface area contributed by atoms with Crippen LogP contribution in [0.25, 0.3) is 0 Å². The first-order chi connectivity index (χ1) is 17.4. The van der Waals surface area contributed by atoms with E-state index >= 15 is 0 Å². The second-order valence-corrected chi connectivity index (χ2v) is 8.10. The summed E-state index contributed by atoms with van der Waals surface area (Å²) in [5, 5.41) is 13.0. The van der Waals surface area contributed by atoms with Crippen LogP contribution in [0.4, 0.5) is 11.4 Å². The Bertz CT molecular complexity index is 1310. The predicted octanol–water partition coefficient (Wildman–Crippen LogP) is 1.52. The molecule has 0 aromatic heterocycles. The Morgan fingerprint density at radius 1 is 1.03 bits per heavy atom. The zero-order chi connectivity index (χ0) is 25.8. The van der Waals surface area contributed by atoms with Crippen molar-refractivity contribution in [3.8, 4) is 6.07 Å². The molecular formula is C26H25N5O5. The number of hydrogen-bond donors (Lipinski definition) is 2. The number of carbonyl (C=O) groups is 3. The number of rotatable bonds is 5. The lowest BCUT2D eigenvalue weighted by Gasteiger charge is -2.38. The quantitative estimate of drug-likeness (QED) is 0.601. The molecule has 1 saturated heterocycles. The van der Waals surface area contributed by atoms with Gasteiger partial charge in [-0.3, -0.25) is 9.69 Å². The number of nitrogens with one attached hydrogen (secondary N) is 1. The van der Waals surface area contributed by atoms with Crippen LogP contribution in [-0.2, 0) is 23.9 Å². The number of nitrogens with two attached hydrogens (primary N) is 1. The summed E-state index contributed by atoms with van der Waals surface area (Å²) in [5.74, 6) is -2.78. The molecule has 1 fully saturated rings. The van der Waals surface area contributed by atoms with Crippen LogP contribution in [-0.4, -0.2) is 51.7 Å². The van der Waals surface area contributed by atoms with Gasteiger partial charge in [-0.1, -0.05) is 42.5 Å². The van der Waals surface area contributed by atoms with E-state index in [1.54, 1.807) is 54.6 Å². The normalized spacial score (nSPS) is 17.9. The van der Waals surface area contributed by atoms with Crippen molar-refractivity contribution in [2.75, 3.05) is 43.7 Å². The van der Waals surface area contributed by atoms with E-state index < -0.39 is 17.9 Å². The molecule has 2 aliphatic heterocycles. The molecule has 4 rings (SSSR count). The number of esters is 2. The average Bonchev–Trinajstić information content (AvgIpc) is 2.92. The predicted molar refractivity (Wildman–Crippen MR) is 131 cm³/mol. The Morgan fingerprint density at radius 2 is 1.67 bits per heavy atom. The highest BCUT2D eigenvalue weighted by Gasteiger charge is 2.43. The van der Waals surface area contributed by atoms with Crippen LogP contribution in [0, 0.1) is 11.3 Å². The van der Waals surface area contributed by atoms with E-state index in [-0.39, 0.29) is 35.1 Å². The Kier molecular flexibility index (Phi) is 6.92. The van der Waals surface area contributed by atoms with Crippen molar-refractivity contribution in [3.63, 3.8) is 0 Å². The first-order valence-electron chi connectivity index (χ1n) is 11.2. The van der Waals surface area contributed by atoms with E-state index in [4.69, 9.17) is 15.2 Å². The molecule has 1 unspecified atom stereocenters. The van der Waals surface area contributed by atoms with Crippen molar-refractivity contribution in [2.24, 2.45) is 5.73 Å². The molecule has 2 aromatic rings. The average molecular weight is 488 g/mol. The lowest BCUT2D eigenvalue weighted by molar-refractivity contribution is -0.139. The maximum atomic E-state index is 13.3. The zero-order valence-electron chi connectivity index (χ0n) is 19.9. The lowest BCUT2D eigenvalue weighted by atomic mass is 9.81. The van der Waals surface area contributed by atoms with Gasteiger partial charge >= 0.3 is 11.9 Å². The highest BCUT2D eigenvalue weighted by atomic mass is 16.5. The maximum Gasteiger partial charge on any atom is 0.355 e. The fraction of sp³-hybridized carbons (Fsp3) is 0.231. The smallest absolute Gasteiger partial charge is 0.355 e. The first-order valence-corrected chi connectivity index (χ1v) is 11.2. The van der Waals surface area contributed by atoms with Crippen molar-refractivity contribution in [3.05, 3.63) is 82.8 Å². The third kappa shape index (κ3) is 4.22. The molecule has 10 heteroatoms. The molecule has 3 N–H and O–H groups in total. The van der Waals surface area contributed by atoms with Crippen LogP contribution in [0.2, 0.25) is 0 Å². The molecule has 2 aromatic carbocycles. The molecule has 0 saturated carbocycles. The monoisotopic (exact) mass is 487 g/mol. The first kappa shape index (κ1) is 24.3. The molecule has 0 aliphatic carbocycles. The van der Waals surface area contributed by atoms with E-state index in [9.17, 15) is 19.6 Å². The van der Waals surface area contributed by atoms with Crippen molar-refractivity contribution >= 4 is 29.2 Å². The molecule has 2 heterocycles. The minimum Gasteiger partial charge on any atom is -0.466 e. The summed E-state index contributed by atoms with van der Waals surface area (Å²) in [7, 11) is 2.39. The molecule has 1 atom stereocenters. The number of hydrogen-bond acceptors (Lipinski definition) is 9. The highest BCUT2D eigenvalue weighted by molar-refractivity contribution is 6.07. The van der Waals surface area contributed by atoms with Crippen molar-refractivity contribution in [1.82, 2.24) is 5.32 Å². The number of nitriles is 1. The van der Waals surface area contributed by atoms with E-state index in [2.05, 4.69) is 11.4 Å².